The Morgan fingerprint density at radius 2 is 1.95 bits per heavy atom. The van der Waals surface area contributed by atoms with Crippen molar-refractivity contribution in [1.82, 2.24) is 0 Å². The normalized spacial score (nSPS) is 23.1. The summed E-state index contributed by atoms with van der Waals surface area (Å²) in [6.07, 6.45) is 2.35. The largest absolute Gasteiger partial charge is 0.307 e. The van der Waals surface area contributed by atoms with Gasteiger partial charge in [0, 0.05) is 16.9 Å². The molecule has 0 N–H and O–H groups in total. The van der Waals surface area contributed by atoms with Gasteiger partial charge < -0.3 is 4.90 Å². The molecule has 0 spiro atoms. The van der Waals surface area contributed by atoms with Gasteiger partial charge in [-0.05, 0) is 30.2 Å². The van der Waals surface area contributed by atoms with Crippen LogP contribution in [0.5, 0.6) is 0 Å². The van der Waals surface area contributed by atoms with Crippen molar-refractivity contribution in [3.05, 3.63) is 59.7 Å². The zero-order chi connectivity index (χ0) is 15.1. The number of carbonyl (C=O) groups is 2. The molecule has 0 radical (unpaired) electrons. The molecule has 1 saturated heterocycles. The summed E-state index contributed by atoms with van der Waals surface area (Å²) in [5, 5.41) is 0.224. The summed E-state index contributed by atoms with van der Waals surface area (Å²) < 4.78 is 0. The average molecular weight is 309 g/mol. The molecule has 22 heavy (non-hydrogen) atoms. The van der Waals surface area contributed by atoms with Crippen molar-refractivity contribution in [1.29, 1.82) is 0 Å². The molecule has 0 saturated carbocycles. The Morgan fingerprint density at radius 3 is 2.73 bits per heavy atom. The van der Waals surface area contributed by atoms with Crippen molar-refractivity contribution < 1.29 is 9.59 Å². The molecule has 4 heteroatoms. The molecular weight excluding hydrogens is 294 g/mol. The van der Waals surface area contributed by atoms with Gasteiger partial charge in [-0.1, -0.05) is 30.3 Å². The molecule has 2 aromatic rings. The number of rotatable bonds is 2. The first-order valence-corrected chi connectivity index (χ1v) is 8.29. The summed E-state index contributed by atoms with van der Waals surface area (Å²) >= 11 is 1.77. The number of benzene rings is 2. The molecule has 2 unspecified atom stereocenters. The second kappa shape index (κ2) is 5.29. The smallest absolute Gasteiger partial charge is 0.227 e. The van der Waals surface area contributed by atoms with E-state index in [1.54, 1.807) is 17.8 Å². The van der Waals surface area contributed by atoms with Crippen molar-refractivity contribution in [3.63, 3.8) is 0 Å². The van der Waals surface area contributed by atoms with Gasteiger partial charge in [-0.3, -0.25) is 9.59 Å². The van der Waals surface area contributed by atoms with Gasteiger partial charge in [0.15, 0.2) is 0 Å². The van der Waals surface area contributed by atoms with Gasteiger partial charge in [0.2, 0.25) is 5.91 Å². The van der Waals surface area contributed by atoms with E-state index in [9.17, 15) is 9.59 Å². The molecule has 2 aromatic carbocycles. The number of hydrogen-bond donors (Lipinski definition) is 0. The molecule has 0 bridgehead atoms. The Kier molecular flexibility index (Phi) is 3.26. The first kappa shape index (κ1) is 13.6. The molecule has 2 heterocycles. The van der Waals surface area contributed by atoms with Crippen LogP contribution in [0, 0.1) is 0 Å². The number of nitrogens with zero attached hydrogens (tertiary/aromatic N) is 1. The van der Waals surface area contributed by atoms with Crippen LogP contribution in [0.4, 0.5) is 5.69 Å². The lowest BCUT2D eigenvalue weighted by molar-refractivity contribution is -0.117. The molecule has 2 aliphatic rings. The molecule has 4 rings (SSSR count). The second-order valence-electron chi connectivity index (χ2n) is 5.66. The maximum atomic E-state index is 12.3. The van der Waals surface area contributed by atoms with Gasteiger partial charge in [-0.2, -0.15) is 0 Å². The van der Waals surface area contributed by atoms with Gasteiger partial charge in [0.1, 0.15) is 6.29 Å². The Balaban J connectivity index is 1.83. The highest BCUT2D eigenvalue weighted by Crippen LogP contribution is 2.52. The first-order valence-electron chi connectivity index (χ1n) is 7.41. The van der Waals surface area contributed by atoms with E-state index >= 15 is 0 Å². The zero-order valence-electron chi connectivity index (χ0n) is 11.9. The molecule has 0 aliphatic carbocycles. The fourth-order valence-corrected chi connectivity index (χ4v) is 4.82. The van der Waals surface area contributed by atoms with Crippen LogP contribution in [-0.2, 0) is 4.79 Å². The van der Waals surface area contributed by atoms with Gasteiger partial charge in [0.25, 0.3) is 0 Å². The van der Waals surface area contributed by atoms with E-state index in [-0.39, 0.29) is 17.2 Å². The topological polar surface area (TPSA) is 37.4 Å². The van der Waals surface area contributed by atoms with Crippen molar-refractivity contribution in [2.75, 3.05) is 4.90 Å². The predicted octanol–water partition coefficient (Wildman–Crippen LogP) is 3.84. The first-order chi connectivity index (χ1) is 10.8. The third kappa shape index (κ3) is 2.06. The fraction of sp³-hybridized carbons (Fsp3) is 0.222. The van der Waals surface area contributed by atoms with Gasteiger partial charge in [-0.15, -0.1) is 11.8 Å². The van der Waals surface area contributed by atoms with Crippen LogP contribution in [0.3, 0.4) is 0 Å². The molecule has 110 valence electrons. The number of anilines is 1. The molecule has 2 aliphatic heterocycles. The summed E-state index contributed by atoms with van der Waals surface area (Å²) in [5.41, 5.74) is 2.85. The van der Waals surface area contributed by atoms with E-state index in [4.69, 9.17) is 0 Å². The summed E-state index contributed by atoms with van der Waals surface area (Å²) in [5.74, 6) is 0.186. The summed E-state index contributed by atoms with van der Waals surface area (Å²) in [6, 6.07) is 16.1. The lowest BCUT2D eigenvalue weighted by Gasteiger charge is -2.38. The van der Waals surface area contributed by atoms with E-state index < -0.39 is 0 Å². The van der Waals surface area contributed by atoms with Crippen LogP contribution in [0.25, 0.3) is 0 Å². The van der Waals surface area contributed by atoms with Crippen molar-refractivity contribution in [2.45, 2.75) is 29.0 Å². The monoisotopic (exact) mass is 309 g/mol. The Hall–Kier alpha value is -2.07. The SMILES string of the molecule is O=Cc1ccc2c(c1)SC(c1ccccc1)C1CCC(=O)N21. The maximum absolute atomic E-state index is 12.3. The molecular formula is C18H15NO2S. The van der Waals surface area contributed by atoms with Gasteiger partial charge in [-0.25, -0.2) is 0 Å². The molecule has 2 atom stereocenters. The standard InChI is InChI=1S/C18H15NO2S/c20-11-12-6-7-14-16(10-12)22-18(13-4-2-1-3-5-13)15-8-9-17(21)19(14)15/h1-7,10-11,15,18H,8-9H2. The van der Waals surface area contributed by atoms with Crippen molar-refractivity contribution in [2.24, 2.45) is 0 Å². The Bertz CT molecular complexity index is 744. The summed E-state index contributed by atoms with van der Waals surface area (Å²) in [7, 11) is 0. The van der Waals surface area contributed by atoms with Gasteiger partial charge >= 0.3 is 0 Å². The van der Waals surface area contributed by atoms with Gasteiger partial charge in [0.05, 0.1) is 17.0 Å². The average Bonchev–Trinajstić information content (AvgIpc) is 2.96. The van der Waals surface area contributed by atoms with Crippen LogP contribution < -0.4 is 4.90 Å². The number of hydrogen-bond acceptors (Lipinski definition) is 3. The van der Waals surface area contributed by atoms with E-state index in [2.05, 4.69) is 12.1 Å². The highest BCUT2D eigenvalue weighted by Gasteiger charge is 2.43. The highest BCUT2D eigenvalue weighted by molar-refractivity contribution is 7.99. The zero-order valence-corrected chi connectivity index (χ0v) is 12.8. The Labute approximate surface area is 133 Å². The number of fused-ring (bicyclic) bond motifs is 3. The van der Waals surface area contributed by atoms with Crippen LogP contribution in [-0.4, -0.2) is 18.2 Å². The number of amides is 1. The third-order valence-corrected chi connectivity index (χ3v) is 5.79. The minimum absolute atomic E-state index is 0.186. The quantitative estimate of drug-likeness (QED) is 0.791. The minimum Gasteiger partial charge on any atom is -0.307 e. The van der Waals surface area contributed by atoms with Crippen molar-refractivity contribution >= 4 is 29.6 Å². The van der Waals surface area contributed by atoms with Crippen molar-refractivity contribution in [3.8, 4) is 0 Å². The molecule has 1 fully saturated rings. The van der Waals surface area contributed by atoms with Crippen LogP contribution in [0.15, 0.2) is 53.4 Å². The van der Waals surface area contributed by atoms with E-state index in [1.165, 1.54) is 5.56 Å². The van der Waals surface area contributed by atoms with Crippen LogP contribution in [0.2, 0.25) is 0 Å². The fourth-order valence-electron chi connectivity index (χ4n) is 3.35. The number of aldehydes is 1. The number of thioether (sulfide) groups is 1. The van der Waals surface area contributed by atoms with E-state index in [0.717, 1.165) is 23.3 Å². The lowest BCUT2D eigenvalue weighted by atomic mass is 10.0. The van der Waals surface area contributed by atoms with Crippen LogP contribution in [0.1, 0.15) is 34.0 Å². The molecule has 3 nitrogen and oxygen atoms in total. The third-order valence-electron chi connectivity index (χ3n) is 4.37. The molecule has 0 aromatic heterocycles. The van der Waals surface area contributed by atoms with E-state index in [0.29, 0.717) is 12.0 Å². The molecule has 1 amide bonds. The summed E-state index contributed by atoms with van der Waals surface area (Å²) in [6.45, 7) is 0. The lowest BCUT2D eigenvalue weighted by Crippen LogP contribution is -2.39. The predicted molar refractivity (Wildman–Crippen MR) is 87.4 cm³/mol. The highest BCUT2D eigenvalue weighted by atomic mass is 32.2. The maximum Gasteiger partial charge on any atom is 0.227 e. The van der Waals surface area contributed by atoms with E-state index in [1.807, 2.05) is 35.2 Å². The van der Waals surface area contributed by atoms with Crippen LogP contribution >= 0.6 is 11.8 Å². The Morgan fingerprint density at radius 1 is 1.14 bits per heavy atom. The minimum atomic E-state index is 0.186. The second-order valence-corrected chi connectivity index (χ2v) is 6.85. The summed E-state index contributed by atoms with van der Waals surface area (Å²) in [4.78, 5) is 26.4. The number of carbonyl (C=O) groups excluding carboxylic acids is 2.